The van der Waals surface area contributed by atoms with Gasteiger partial charge in [0.05, 0.1) is 6.54 Å². The predicted octanol–water partition coefficient (Wildman–Crippen LogP) is 1.63. The van der Waals surface area contributed by atoms with Gasteiger partial charge in [0.2, 0.25) is 5.91 Å². The van der Waals surface area contributed by atoms with E-state index in [1.807, 2.05) is 39.4 Å². The van der Waals surface area contributed by atoms with Gasteiger partial charge in [-0.3, -0.25) is 9.48 Å². The van der Waals surface area contributed by atoms with Gasteiger partial charge in [0.25, 0.3) is 0 Å². The molecule has 1 aliphatic heterocycles. The number of nitrogens with zero attached hydrogens (tertiary/aromatic N) is 6. The normalized spacial score (nSPS) is 13.8. The molecule has 2 aromatic heterocycles. The van der Waals surface area contributed by atoms with Gasteiger partial charge in [0.15, 0.2) is 5.82 Å². The topological polar surface area (TPSA) is 68.8 Å². The van der Waals surface area contributed by atoms with E-state index in [2.05, 4.69) is 27.4 Å². The van der Waals surface area contributed by atoms with Crippen LogP contribution in [0.1, 0.15) is 23.7 Å². The van der Waals surface area contributed by atoms with Crippen LogP contribution in [-0.2, 0) is 31.4 Å². The Hall–Kier alpha value is -2.96. The lowest BCUT2D eigenvalue weighted by atomic mass is 10.0. The van der Waals surface area contributed by atoms with E-state index in [-0.39, 0.29) is 5.91 Å². The number of carbonyl (C=O) groups excluding carboxylic acids is 1. The smallest absolute Gasteiger partial charge is 0.219 e. The third-order valence-corrected chi connectivity index (χ3v) is 4.71. The highest BCUT2D eigenvalue weighted by Crippen LogP contribution is 2.28. The molecular formula is C18H20N6O. The minimum absolute atomic E-state index is 0.0891. The Labute approximate surface area is 145 Å². The van der Waals surface area contributed by atoms with Crippen LogP contribution < -0.4 is 0 Å². The zero-order valence-corrected chi connectivity index (χ0v) is 14.4. The van der Waals surface area contributed by atoms with Crippen molar-refractivity contribution in [3.05, 3.63) is 53.5 Å². The molecule has 25 heavy (non-hydrogen) atoms. The molecule has 7 heteroatoms. The Balaban J connectivity index is 1.72. The monoisotopic (exact) mass is 336 g/mol. The van der Waals surface area contributed by atoms with Crippen molar-refractivity contribution >= 4 is 5.91 Å². The second kappa shape index (κ2) is 6.16. The molecule has 0 saturated heterocycles. The molecule has 4 rings (SSSR count). The van der Waals surface area contributed by atoms with Gasteiger partial charge in [-0.2, -0.15) is 5.10 Å². The van der Waals surface area contributed by atoms with E-state index in [0.29, 0.717) is 13.1 Å². The number of aromatic nitrogens is 5. The van der Waals surface area contributed by atoms with Crippen molar-refractivity contribution in [2.75, 3.05) is 6.54 Å². The van der Waals surface area contributed by atoms with E-state index in [9.17, 15) is 4.79 Å². The van der Waals surface area contributed by atoms with E-state index in [4.69, 9.17) is 0 Å². The largest absolute Gasteiger partial charge is 0.338 e. The molecule has 0 bridgehead atoms. The Morgan fingerprint density at radius 2 is 2.04 bits per heavy atom. The Morgan fingerprint density at radius 1 is 1.24 bits per heavy atom. The Bertz CT molecular complexity index is 911. The lowest BCUT2D eigenvalue weighted by Gasteiger charge is -2.26. The third kappa shape index (κ3) is 2.82. The highest BCUT2D eigenvalue weighted by Gasteiger charge is 2.27. The molecule has 3 aromatic rings. The summed E-state index contributed by atoms with van der Waals surface area (Å²) in [5.41, 5.74) is 4.24. The first-order chi connectivity index (χ1) is 12.1. The van der Waals surface area contributed by atoms with Gasteiger partial charge in [-0.05, 0) is 5.56 Å². The molecule has 0 N–H and O–H groups in total. The minimum atomic E-state index is 0.0891. The number of hydrogen-bond acceptors (Lipinski definition) is 4. The van der Waals surface area contributed by atoms with Crippen LogP contribution >= 0.6 is 0 Å². The van der Waals surface area contributed by atoms with Crippen molar-refractivity contribution in [2.24, 2.45) is 7.05 Å². The van der Waals surface area contributed by atoms with Gasteiger partial charge < -0.3 is 9.47 Å². The molecule has 128 valence electrons. The average molecular weight is 336 g/mol. The molecular weight excluding hydrogens is 316 g/mol. The number of rotatable bonds is 3. The quantitative estimate of drug-likeness (QED) is 0.729. The number of benzene rings is 1. The highest BCUT2D eigenvalue weighted by molar-refractivity contribution is 5.74. The number of fused-ring (bicyclic) bond motifs is 1. The summed E-state index contributed by atoms with van der Waals surface area (Å²) in [6, 6.07) is 10.2. The summed E-state index contributed by atoms with van der Waals surface area (Å²) >= 11 is 0. The van der Waals surface area contributed by atoms with Crippen molar-refractivity contribution < 1.29 is 4.79 Å². The Morgan fingerprint density at radius 3 is 2.80 bits per heavy atom. The van der Waals surface area contributed by atoms with Gasteiger partial charge in [-0.1, -0.05) is 30.3 Å². The molecule has 1 aromatic carbocycles. The molecule has 0 aliphatic carbocycles. The van der Waals surface area contributed by atoms with Crippen molar-refractivity contribution in [3.63, 3.8) is 0 Å². The van der Waals surface area contributed by atoms with E-state index in [1.165, 1.54) is 11.3 Å². The van der Waals surface area contributed by atoms with Crippen molar-refractivity contribution in [1.29, 1.82) is 0 Å². The second-order valence-corrected chi connectivity index (χ2v) is 6.36. The van der Waals surface area contributed by atoms with Crippen molar-refractivity contribution in [1.82, 2.24) is 29.4 Å². The third-order valence-electron chi connectivity index (χ3n) is 4.71. The number of carbonyl (C=O) groups is 1. The van der Waals surface area contributed by atoms with Crippen molar-refractivity contribution in [3.8, 4) is 11.5 Å². The molecule has 1 amide bonds. The summed E-state index contributed by atoms with van der Waals surface area (Å²) in [4.78, 5) is 13.6. The molecule has 0 saturated carbocycles. The summed E-state index contributed by atoms with van der Waals surface area (Å²) in [7, 11) is 1.95. The molecule has 0 unspecified atom stereocenters. The van der Waals surface area contributed by atoms with Gasteiger partial charge >= 0.3 is 0 Å². The van der Waals surface area contributed by atoms with Crippen LogP contribution in [0.25, 0.3) is 11.5 Å². The zero-order valence-electron chi connectivity index (χ0n) is 14.4. The maximum absolute atomic E-state index is 11.8. The molecule has 7 nitrogen and oxygen atoms in total. The molecule has 0 spiro atoms. The van der Waals surface area contributed by atoms with Crippen LogP contribution in [0, 0.1) is 0 Å². The first-order valence-corrected chi connectivity index (χ1v) is 8.36. The number of aryl methyl sites for hydroxylation is 1. The summed E-state index contributed by atoms with van der Waals surface area (Å²) < 4.78 is 3.91. The molecule has 0 fully saturated rings. The average Bonchev–Trinajstić information content (AvgIpc) is 3.20. The van der Waals surface area contributed by atoms with Crippen LogP contribution in [0.4, 0.5) is 0 Å². The Kier molecular flexibility index (Phi) is 3.83. The lowest BCUT2D eigenvalue weighted by molar-refractivity contribution is -0.129. The fourth-order valence-electron chi connectivity index (χ4n) is 3.37. The summed E-state index contributed by atoms with van der Waals surface area (Å²) in [5.74, 6) is 0.831. The fourth-order valence-corrected chi connectivity index (χ4v) is 3.37. The lowest BCUT2D eigenvalue weighted by Crippen LogP contribution is -2.34. The predicted molar refractivity (Wildman–Crippen MR) is 92.6 cm³/mol. The van der Waals surface area contributed by atoms with Gasteiger partial charge in [-0.15, -0.1) is 10.2 Å². The standard InChI is InChI=1S/C18H20N6O/c1-13(25)23-9-8-16-15(11-23)17(21-22(16)2)18-20-19-12-24(18)10-14-6-4-3-5-7-14/h3-7,12H,8-11H2,1-2H3. The number of hydrogen-bond donors (Lipinski definition) is 0. The van der Waals surface area contributed by atoms with Crippen LogP contribution in [0.5, 0.6) is 0 Å². The fraction of sp³-hybridized carbons (Fsp3) is 0.333. The molecule has 1 aliphatic rings. The van der Waals surface area contributed by atoms with Crippen LogP contribution in [-0.4, -0.2) is 41.9 Å². The van der Waals surface area contributed by atoms with Gasteiger partial charge in [-0.25, -0.2) is 0 Å². The van der Waals surface area contributed by atoms with E-state index >= 15 is 0 Å². The molecule has 0 atom stereocenters. The summed E-state index contributed by atoms with van der Waals surface area (Å²) in [6.45, 7) is 3.61. The first kappa shape index (κ1) is 15.6. The van der Waals surface area contributed by atoms with Gasteiger partial charge in [0, 0.05) is 44.7 Å². The van der Waals surface area contributed by atoms with Crippen LogP contribution in [0.2, 0.25) is 0 Å². The van der Waals surface area contributed by atoms with E-state index < -0.39 is 0 Å². The zero-order chi connectivity index (χ0) is 17.4. The van der Waals surface area contributed by atoms with E-state index in [1.54, 1.807) is 13.3 Å². The molecule has 0 radical (unpaired) electrons. The van der Waals surface area contributed by atoms with E-state index in [0.717, 1.165) is 30.0 Å². The van der Waals surface area contributed by atoms with Gasteiger partial charge in [0.1, 0.15) is 12.0 Å². The first-order valence-electron chi connectivity index (χ1n) is 8.36. The maximum Gasteiger partial charge on any atom is 0.219 e. The summed E-state index contributed by atoms with van der Waals surface area (Å²) in [6.07, 6.45) is 2.54. The van der Waals surface area contributed by atoms with Crippen molar-refractivity contribution in [2.45, 2.75) is 26.4 Å². The number of amides is 1. The summed E-state index contributed by atoms with van der Waals surface area (Å²) in [5, 5.41) is 13.1. The maximum atomic E-state index is 11.8. The highest BCUT2D eigenvalue weighted by atomic mass is 16.2. The second-order valence-electron chi connectivity index (χ2n) is 6.36. The minimum Gasteiger partial charge on any atom is -0.338 e. The van der Waals surface area contributed by atoms with Crippen LogP contribution in [0.3, 0.4) is 0 Å². The van der Waals surface area contributed by atoms with Crippen LogP contribution in [0.15, 0.2) is 36.7 Å². The SMILES string of the molecule is CC(=O)N1CCc2c(c(-c3nncn3Cc3ccccc3)nn2C)C1. The molecule has 3 heterocycles.